The summed E-state index contributed by atoms with van der Waals surface area (Å²) in [5.41, 5.74) is 0.850. The van der Waals surface area contributed by atoms with Gasteiger partial charge in [-0.3, -0.25) is 14.5 Å². The van der Waals surface area contributed by atoms with Crippen LogP contribution in [0.3, 0.4) is 0 Å². The summed E-state index contributed by atoms with van der Waals surface area (Å²) in [6.45, 7) is 6.56. The summed E-state index contributed by atoms with van der Waals surface area (Å²) in [6, 6.07) is 4.52. The first-order valence-electron chi connectivity index (χ1n) is 12.9. The quantitative estimate of drug-likeness (QED) is 0.470. The number of phenolic OH excluding ortho intramolecular Hbond substituents is 1. The zero-order chi connectivity index (χ0) is 30.6. The lowest BCUT2D eigenvalue weighted by molar-refractivity contribution is -0.145. The van der Waals surface area contributed by atoms with Gasteiger partial charge >= 0.3 is 12.1 Å². The summed E-state index contributed by atoms with van der Waals surface area (Å²) >= 11 is 0. The Morgan fingerprint density at radius 1 is 0.976 bits per heavy atom. The second kappa shape index (κ2) is 12.4. The first kappa shape index (κ1) is 31.1. The standard InChI is InChI=1S/C29H37N3O9/c1-15-25(34)31-20(27(36)40-8)12-16-11-19(24(39-7)21(33)13-16)18-14-17(9-10-22(18)38-6)23(26(35)30-15)32(5)28(37)41-29(2,3)4/h9-11,13-15,20,23,33H,12H2,1-8H3,(H,30,35)(H,31,34)/t15-,20-,23-/m0/s1. The molecule has 4 bridgehead atoms. The van der Waals surface area contributed by atoms with Gasteiger partial charge in [-0.15, -0.1) is 0 Å². The highest BCUT2D eigenvalue weighted by Crippen LogP contribution is 2.44. The fourth-order valence-electron chi connectivity index (χ4n) is 4.53. The van der Waals surface area contributed by atoms with Crippen LogP contribution in [0, 0.1) is 0 Å². The number of methoxy groups -OCH3 is 3. The number of nitrogens with one attached hydrogen (secondary N) is 2. The van der Waals surface area contributed by atoms with Crippen molar-refractivity contribution in [2.24, 2.45) is 0 Å². The third-order valence-electron chi connectivity index (χ3n) is 6.47. The summed E-state index contributed by atoms with van der Waals surface area (Å²) in [4.78, 5) is 53.6. The Labute approximate surface area is 238 Å². The van der Waals surface area contributed by atoms with Crippen LogP contribution in [0.15, 0.2) is 30.3 Å². The number of hydrogen-bond donors (Lipinski definition) is 3. The molecule has 2 aromatic carbocycles. The first-order valence-corrected chi connectivity index (χ1v) is 12.9. The van der Waals surface area contributed by atoms with Crippen molar-refractivity contribution in [1.29, 1.82) is 0 Å². The molecule has 0 spiro atoms. The van der Waals surface area contributed by atoms with Gasteiger partial charge in [0.2, 0.25) is 11.8 Å². The van der Waals surface area contributed by atoms with Crippen LogP contribution < -0.4 is 20.1 Å². The van der Waals surface area contributed by atoms with Crippen LogP contribution in [0.25, 0.3) is 11.1 Å². The summed E-state index contributed by atoms with van der Waals surface area (Å²) in [5.74, 6) is -1.76. The van der Waals surface area contributed by atoms with E-state index < -0.39 is 47.6 Å². The Morgan fingerprint density at radius 2 is 1.66 bits per heavy atom. The fraction of sp³-hybridized carbons (Fsp3) is 0.448. The molecule has 0 radical (unpaired) electrons. The molecule has 3 atom stereocenters. The molecule has 0 aliphatic carbocycles. The van der Waals surface area contributed by atoms with Crippen LogP contribution in [0.4, 0.5) is 4.79 Å². The van der Waals surface area contributed by atoms with Crippen molar-refractivity contribution >= 4 is 23.9 Å². The fourth-order valence-corrected chi connectivity index (χ4v) is 4.53. The van der Waals surface area contributed by atoms with Gasteiger partial charge in [-0.2, -0.15) is 0 Å². The highest BCUT2D eigenvalue weighted by atomic mass is 16.6. The molecule has 3 N–H and O–H groups in total. The van der Waals surface area contributed by atoms with Crippen molar-refractivity contribution < 1.29 is 43.2 Å². The van der Waals surface area contributed by atoms with E-state index in [1.165, 1.54) is 41.4 Å². The molecular formula is C29H37N3O9. The largest absolute Gasteiger partial charge is 0.504 e. The average Bonchev–Trinajstić information content (AvgIpc) is 2.90. The number of carbonyl (C=O) groups is 4. The van der Waals surface area contributed by atoms with Gasteiger partial charge in [0.15, 0.2) is 11.5 Å². The molecule has 1 aliphatic heterocycles. The number of esters is 1. The minimum absolute atomic E-state index is 0.0321. The molecule has 41 heavy (non-hydrogen) atoms. The molecule has 3 rings (SSSR count). The molecule has 12 nitrogen and oxygen atoms in total. The maximum atomic E-state index is 13.7. The van der Waals surface area contributed by atoms with Gasteiger partial charge in [-0.05, 0) is 63.1 Å². The van der Waals surface area contributed by atoms with Gasteiger partial charge in [0.25, 0.3) is 0 Å². The predicted octanol–water partition coefficient (Wildman–Crippen LogP) is 2.70. The lowest BCUT2D eigenvalue weighted by Gasteiger charge is -2.31. The second-order valence-electron chi connectivity index (χ2n) is 10.7. The maximum Gasteiger partial charge on any atom is 0.410 e. The topological polar surface area (TPSA) is 153 Å². The molecule has 0 fully saturated rings. The number of ether oxygens (including phenoxy) is 4. The number of carbonyl (C=O) groups excluding carboxylic acids is 4. The van der Waals surface area contributed by atoms with Crippen LogP contribution >= 0.6 is 0 Å². The van der Waals surface area contributed by atoms with E-state index in [0.29, 0.717) is 28.0 Å². The van der Waals surface area contributed by atoms with E-state index in [1.807, 2.05) is 0 Å². The molecule has 1 aliphatic rings. The SMILES string of the molecule is COC(=O)[C@@H]1Cc2cc(O)c(OC)c(c2)-c2cc(ccc2OC)[C@H](N(C)C(=O)OC(C)(C)C)C(=O)N[C@@H](C)C(=O)N1. The highest BCUT2D eigenvalue weighted by molar-refractivity contribution is 5.94. The normalized spacial score (nSPS) is 19.2. The van der Waals surface area contributed by atoms with E-state index >= 15 is 0 Å². The number of hydrogen-bond acceptors (Lipinski definition) is 9. The van der Waals surface area contributed by atoms with Crippen molar-refractivity contribution in [3.63, 3.8) is 0 Å². The third kappa shape index (κ3) is 7.00. The molecule has 2 aromatic rings. The van der Waals surface area contributed by atoms with E-state index in [4.69, 9.17) is 18.9 Å². The van der Waals surface area contributed by atoms with E-state index in [-0.39, 0.29) is 17.9 Å². The van der Waals surface area contributed by atoms with E-state index in [1.54, 1.807) is 45.0 Å². The minimum atomic E-state index is -1.24. The van der Waals surface area contributed by atoms with Gasteiger partial charge in [-0.25, -0.2) is 9.59 Å². The molecule has 3 amide bonds. The molecule has 0 aromatic heterocycles. The van der Waals surface area contributed by atoms with E-state index in [9.17, 15) is 24.3 Å². The van der Waals surface area contributed by atoms with E-state index in [2.05, 4.69) is 10.6 Å². The number of amides is 3. The molecule has 222 valence electrons. The molecule has 12 heteroatoms. The van der Waals surface area contributed by atoms with Crippen molar-refractivity contribution in [3.8, 4) is 28.4 Å². The minimum Gasteiger partial charge on any atom is -0.504 e. The predicted molar refractivity (Wildman–Crippen MR) is 149 cm³/mol. The Morgan fingerprint density at radius 3 is 2.24 bits per heavy atom. The summed E-state index contributed by atoms with van der Waals surface area (Å²) in [7, 11) is 5.46. The van der Waals surface area contributed by atoms with Gasteiger partial charge in [0.05, 0.1) is 21.3 Å². The third-order valence-corrected chi connectivity index (χ3v) is 6.47. The monoisotopic (exact) mass is 571 g/mol. The maximum absolute atomic E-state index is 13.7. The van der Waals surface area contributed by atoms with E-state index in [0.717, 1.165) is 4.90 Å². The Balaban J connectivity index is 2.31. The molecule has 1 heterocycles. The van der Waals surface area contributed by atoms with Crippen LogP contribution in [0.2, 0.25) is 0 Å². The molecular weight excluding hydrogens is 534 g/mol. The number of benzene rings is 2. The number of nitrogens with zero attached hydrogens (tertiary/aromatic N) is 1. The lowest BCUT2D eigenvalue weighted by Crippen LogP contribution is -2.53. The van der Waals surface area contributed by atoms with Crippen LogP contribution in [-0.2, 0) is 30.3 Å². The van der Waals surface area contributed by atoms with Gasteiger partial charge < -0.3 is 34.7 Å². The van der Waals surface area contributed by atoms with Gasteiger partial charge in [0, 0.05) is 24.6 Å². The van der Waals surface area contributed by atoms with Crippen molar-refractivity contribution in [2.75, 3.05) is 28.4 Å². The van der Waals surface area contributed by atoms with Crippen molar-refractivity contribution in [1.82, 2.24) is 15.5 Å². The molecule has 0 unspecified atom stereocenters. The van der Waals surface area contributed by atoms with Crippen LogP contribution in [0.5, 0.6) is 17.2 Å². The van der Waals surface area contributed by atoms with Crippen LogP contribution in [0.1, 0.15) is 44.9 Å². The Bertz CT molecular complexity index is 1340. The second-order valence-corrected chi connectivity index (χ2v) is 10.7. The summed E-state index contributed by atoms with van der Waals surface area (Å²) in [5, 5.41) is 16.1. The zero-order valence-corrected chi connectivity index (χ0v) is 24.5. The number of likely N-dealkylation sites (N-methyl/N-ethyl adjacent to an activating group) is 1. The van der Waals surface area contributed by atoms with Crippen molar-refractivity contribution in [3.05, 3.63) is 41.5 Å². The number of rotatable bonds is 4. The average molecular weight is 572 g/mol. The smallest absolute Gasteiger partial charge is 0.410 e. The number of phenols is 1. The highest BCUT2D eigenvalue weighted by Gasteiger charge is 2.35. The number of fused-ring (bicyclic) bond motifs is 5. The number of aromatic hydroxyl groups is 1. The first-order chi connectivity index (χ1) is 19.2. The molecule has 0 saturated heterocycles. The summed E-state index contributed by atoms with van der Waals surface area (Å²) < 4.78 is 21.5. The zero-order valence-electron chi connectivity index (χ0n) is 24.5. The van der Waals surface area contributed by atoms with Crippen LogP contribution in [-0.4, -0.2) is 79.9 Å². The molecule has 0 saturated carbocycles. The summed E-state index contributed by atoms with van der Waals surface area (Å²) in [6.07, 6.45) is -0.799. The lowest BCUT2D eigenvalue weighted by atomic mass is 9.93. The van der Waals surface area contributed by atoms with Crippen molar-refractivity contribution in [2.45, 2.75) is 57.8 Å². The Kier molecular flexibility index (Phi) is 9.36. The van der Waals surface area contributed by atoms with Gasteiger partial charge in [0.1, 0.15) is 29.5 Å². The van der Waals surface area contributed by atoms with Gasteiger partial charge in [-0.1, -0.05) is 6.07 Å². The Hall–Kier alpha value is -4.48.